The summed E-state index contributed by atoms with van der Waals surface area (Å²) in [5.41, 5.74) is 1.05. The van der Waals surface area contributed by atoms with Gasteiger partial charge >= 0.3 is 0 Å². The van der Waals surface area contributed by atoms with E-state index in [0.717, 1.165) is 30.2 Å². The van der Waals surface area contributed by atoms with Crippen molar-refractivity contribution in [3.8, 4) is 11.5 Å². The predicted octanol–water partition coefficient (Wildman–Crippen LogP) is 1.84. The first-order valence-electron chi connectivity index (χ1n) is 5.60. The Morgan fingerprint density at radius 3 is 2.81 bits per heavy atom. The van der Waals surface area contributed by atoms with Crippen LogP contribution in [0.25, 0.3) is 0 Å². The number of fused-ring (bicyclic) bond motifs is 1. The molecule has 4 heteroatoms. The summed E-state index contributed by atoms with van der Waals surface area (Å²) in [5.74, 6) is 1.63. The molecule has 2 aliphatic rings. The van der Waals surface area contributed by atoms with E-state index in [9.17, 15) is 0 Å². The van der Waals surface area contributed by atoms with Gasteiger partial charge in [0.05, 0.1) is 6.21 Å². The minimum Gasteiger partial charge on any atom is -0.454 e. The molecule has 0 saturated carbocycles. The van der Waals surface area contributed by atoms with Gasteiger partial charge in [0.1, 0.15) is 0 Å². The van der Waals surface area contributed by atoms with Crippen LogP contribution in [0.5, 0.6) is 11.5 Å². The average Bonchev–Trinajstić information content (AvgIpc) is 2.97. The third kappa shape index (κ3) is 1.83. The van der Waals surface area contributed by atoms with Crippen LogP contribution in [0.2, 0.25) is 0 Å². The molecule has 0 bridgehead atoms. The smallest absolute Gasteiger partial charge is 0.231 e. The van der Waals surface area contributed by atoms with Gasteiger partial charge in [0.2, 0.25) is 6.79 Å². The third-order valence-corrected chi connectivity index (χ3v) is 2.85. The monoisotopic (exact) mass is 218 g/mol. The molecule has 84 valence electrons. The molecule has 3 rings (SSSR count). The Labute approximate surface area is 94.5 Å². The van der Waals surface area contributed by atoms with Gasteiger partial charge in [0.15, 0.2) is 11.5 Å². The molecular weight excluding hydrogens is 204 g/mol. The van der Waals surface area contributed by atoms with Crippen LogP contribution in [0, 0.1) is 0 Å². The van der Waals surface area contributed by atoms with Gasteiger partial charge in [-0.1, -0.05) is 0 Å². The van der Waals surface area contributed by atoms with Crippen LogP contribution in [0.15, 0.2) is 23.3 Å². The maximum absolute atomic E-state index is 5.31. The van der Waals surface area contributed by atoms with Crippen LogP contribution in [0.1, 0.15) is 18.4 Å². The number of rotatable bonds is 2. The van der Waals surface area contributed by atoms with E-state index in [2.05, 4.69) is 10.1 Å². The highest BCUT2D eigenvalue weighted by molar-refractivity contribution is 5.80. The molecule has 1 fully saturated rings. The Morgan fingerprint density at radius 1 is 1.12 bits per heavy atom. The summed E-state index contributed by atoms with van der Waals surface area (Å²) in [5, 5.41) is 6.53. The zero-order valence-electron chi connectivity index (χ0n) is 9.06. The molecule has 1 aromatic carbocycles. The van der Waals surface area contributed by atoms with E-state index < -0.39 is 0 Å². The first kappa shape index (κ1) is 9.51. The highest BCUT2D eigenvalue weighted by Crippen LogP contribution is 2.31. The van der Waals surface area contributed by atoms with Gasteiger partial charge in [-0.25, -0.2) is 0 Å². The summed E-state index contributed by atoms with van der Waals surface area (Å²) in [6.45, 7) is 2.46. The Hall–Kier alpha value is -1.71. The summed E-state index contributed by atoms with van der Waals surface area (Å²) in [7, 11) is 0. The summed E-state index contributed by atoms with van der Waals surface area (Å²) in [6.07, 6.45) is 4.38. The third-order valence-electron chi connectivity index (χ3n) is 2.85. The fourth-order valence-electron chi connectivity index (χ4n) is 1.96. The summed E-state index contributed by atoms with van der Waals surface area (Å²) < 4.78 is 10.6. The lowest BCUT2D eigenvalue weighted by Crippen LogP contribution is -2.11. The van der Waals surface area contributed by atoms with Crippen molar-refractivity contribution in [2.24, 2.45) is 5.10 Å². The molecule has 1 aromatic rings. The van der Waals surface area contributed by atoms with Crippen LogP contribution in [0.4, 0.5) is 0 Å². The maximum Gasteiger partial charge on any atom is 0.231 e. The fourth-order valence-corrected chi connectivity index (χ4v) is 1.96. The van der Waals surface area contributed by atoms with E-state index in [0.29, 0.717) is 6.79 Å². The van der Waals surface area contributed by atoms with Crippen LogP contribution >= 0.6 is 0 Å². The van der Waals surface area contributed by atoms with Crippen molar-refractivity contribution in [2.45, 2.75) is 12.8 Å². The topological polar surface area (TPSA) is 34.1 Å². The lowest BCUT2D eigenvalue weighted by molar-refractivity contribution is 0.174. The molecule has 0 aliphatic carbocycles. The van der Waals surface area contributed by atoms with Crippen LogP contribution in [-0.2, 0) is 0 Å². The Morgan fingerprint density at radius 2 is 1.94 bits per heavy atom. The SMILES string of the molecule is C(=N\N1CCCC1)/c1ccc2c(c1)OCO2. The molecule has 0 unspecified atom stereocenters. The van der Waals surface area contributed by atoms with E-state index >= 15 is 0 Å². The van der Waals surface area contributed by atoms with Gasteiger partial charge in [-0.3, -0.25) is 5.01 Å². The zero-order valence-corrected chi connectivity index (χ0v) is 9.06. The van der Waals surface area contributed by atoms with Crippen molar-refractivity contribution in [3.05, 3.63) is 23.8 Å². The maximum atomic E-state index is 5.31. The predicted molar refractivity (Wildman–Crippen MR) is 61.0 cm³/mol. The molecule has 16 heavy (non-hydrogen) atoms. The van der Waals surface area contributed by atoms with E-state index in [1.54, 1.807) is 0 Å². The summed E-state index contributed by atoms with van der Waals surface area (Å²) >= 11 is 0. The van der Waals surface area contributed by atoms with Crippen molar-refractivity contribution >= 4 is 6.21 Å². The Balaban J connectivity index is 1.74. The lowest BCUT2D eigenvalue weighted by atomic mass is 10.2. The van der Waals surface area contributed by atoms with Crippen molar-refractivity contribution < 1.29 is 9.47 Å². The van der Waals surface area contributed by atoms with E-state index in [1.165, 1.54) is 12.8 Å². The van der Waals surface area contributed by atoms with Crippen molar-refractivity contribution in [1.29, 1.82) is 0 Å². The summed E-state index contributed by atoms with van der Waals surface area (Å²) in [4.78, 5) is 0. The van der Waals surface area contributed by atoms with Gasteiger partial charge in [-0.15, -0.1) is 0 Å². The van der Waals surface area contributed by atoms with E-state index in [4.69, 9.17) is 9.47 Å². The molecule has 0 spiro atoms. The number of nitrogens with zero attached hydrogens (tertiary/aromatic N) is 2. The minimum absolute atomic E-state index is 0.321. The zero-order chi connectivity index (χ0) is 10.8. The second-order valence-electron chi connectivity index (χ2n) is 4.02. The number of hydrazone groups is 1. The second-order valence-corrected chi connectivity index (χ2v) is 4.02. The molecule has 0 amide bonds. The molecule has 0 atom stereocenters. The Kier molecular flexibility index (Phi) is 2.40. The number of ether oxygens (including phenoxy) is 2. The largest absolute Gasteiger partial charge is 0.454 e. The van der Waals surface area contributed by atoms with Gasteiger partial charge in [-0.2, -0.15) is 5.10 Å². The second kappa shape index (κ2) is 4.04. The van der Waals surface area contributed by atoms with Gasteiger partial charge in [0.25, 0.3) is 0 Å². The normalized spacial score (nSPS) is 18.6. The van der Waals surface area contributed by atoms with Gasteiger partial charge in [0, 0.05) is 13.1 Å². The van der Waals surface area contributed by atoms with Crippen molar-refractivity contribution in [2.75, 3.05) is 19.9 Å². The van der Waals surface area contributed by atoms with Crippen LogP contribution in [0.3, 0.4) is 0 Å². The first-order chi connectivity index (χ1) is 7.92. The molecule has 4 nitrogen and oxygen atoms in total. The molecule has 0 radical (unpaired) electrons. The first-order valence-corrected chi connectivity index (χ1v) is 5.60. The molecule has 0 N–H and O–H groups in total. The average molecular weight is 218 g/mol. The highest BCUT2D eigenvalue weighted by atomic mass is 16.7. The van der Waals surface area contributed by atoms with Crippen LogP contribution < -0.4 is 9.47 Å². The van der Waals surface area contributed by atoms with Crippen molar-refractivity contribution in [1.82, 2.24) is 5.01 Å². The quantitative estimate of drug-likeness (QED) is 0.710. The lowest BCUT2D eigenvalue weighted by Gasteiger charge is -2.08. The molecular formula is C12H14N2O2. The van der Waals surface area contributed by atoms with Gasteiger partial charge in [-0.05, 0) is 36.6 Å². The number of hydrogen-bond acceptors (Lipinski definition) is 4. The van der Waals surface area contributed by atoms with Crippen LogP contribution in [-0.4, -0.2) is 31.1 Å². The van der Waals surface area contributed by atoms with E-state index in [-0.39, 0.29) is 0 Å². The molecule has 1 saturated heterocycles. The van der Waals surface area contributed by atoms with Crippen molar-refractivity contribution in [3.63, 3.8) is 0 Å². The minimum atomic E-state index is 0.321. The Bertz CT molecular complexity index is 411. The number of hydrogen-bond donors (Lipinski definition) is 0. The molecule has 2 aliphatic heterocycles. The highest BCUT2D eigenvalue weighted by Gasteiger charge is 2.12. The van der Waals surface area contributed by atoms with Gasteiger partial charge < -0.3 is 9.47 Å². The molecule has 0 aromatic heterocycles. The standard InChI is InChI=1S/C12H14N2O2/c1-2-6-14(5-1)13-8-10-3-4-11-12(7-10)16-9-15-11/h3-4,7-8H,1-2,5-6,9H2/b13-8+. The fraction of sp³-hybridized carbons (Fsp3) is 0.417. The summed E-state index contributed by atoms with van der Waals surface area (Å²) in [6, 6.07) is 5.88. The number of benzene rings is 1. The molecule has 2 heterocycles. The van der Waals surface area contributed by atoms with E-state index in [1.807, 2.05) is 24.4 Å².